The Balaban J connectivity index is 1.67. The van der Waals surface area contributed by atoms with Gasteiger partial charge in [-0.1, -0.05) is 29.6 Å². The van der Waals surface area contributed by atoms with E-state index < -0.39 is 28.5 Å². The number of anilines is 1. The third-order valence-corrected chi connectivity index (χ3v) is 6.89. The molecule has 2 aromatic rings. The maximum absolute atomic E-state index is 12.8. The summed E-state index contributed by atoms with van der Waals surface area (Å²) in [6.45, 7) is 0.274. The van der Waals surface area contributed by atoms with Crippen molar-refractivity contribution in [3.05, 3.63) is 52.1 Å². The standard InChI is InChI=1S/C19H19Cl2N3O5S/c20-13-4-7-17(22-11-13)23-18(25)12-29-19(26)15-10-14(5-6-16(15)21)30(27,28)24-8-2-1-3-9-24/h4-7,10-11H,1-3,8-9,12H2,(H,22,23,25). The molecule has 1 saturated heterocycles. The van der Waals surface area contributed by atoms with Gasteiger partial charge in [-0.05, 0) is 43.2 Å². The van der Waals surface area contributed by atoms with Crippen molar-refractivity contribution in [2.75, 3.05) is 25.0 Å². The molecule has 1 fully saturated rings. The molecular formula is C19H19Cl2N3O5S. The molecule has 1 N–H and O–H groups in total. The number of piperidine rings is 1. The largest absolute Gasteiger partial charge is 0.452 e. The van der Waals surface area contributed by atoms with E-state index in [4.69, 9.17) is 27.9 Å². The molecular weight excluding hydrogens is 453 g/mol. The van der Waals surface area contributed by atoms with E-state index >= 15 is 0 Å². The second-order valence-electron chi connectivity index (χ2n) is 6.59. The average Bonchev–Trinajstić information content (AvgIpc) is 2.74. The third kappa shape index (κ3) is 5.48. The Morgan fingerprint density at radius 1 is 1.10 bits per heavy atom. The number of ether oxygens (including phenoxy) is 1. The van der Waals surface area contributed by atoms with E-state index in [2.05, 4.69) is 10.3 Å². The third-order valence-electron chi connectivity index (χ3n) is 4.44. The highest BCUT2D eigenvalue weighted by Crippen LogP contribution is 2.25. The van der Waals surface area contributed by atoms with Crippen LogP contribution in [0.15, 0.2) is 41.4 Å². The van der Waals surface area contributed by atoms with Crippen LogP contribution in [0, 0.1) is 0 Å². The molecule has 0 atom stereocenters. The first-order chi connectivity index (χ1) is 14.3. The fraction of sp³-hybridized carbons (Fsp3) is 0.316. The Labute approximate surface area is 184 Å². The number of amides is 1. The van der Waals surface area contributed by atoms with E-state index in [1.165, 1.54) is 34.8 Å². The van der Waals surface area contributed by atoms with Crippen molar-refractivity contribution in [2.45, 2.75) is 24.2 Å². The molecule has 11 heteroatoms. The smallest absolute Gasteiger partial charge is 0.340 e. The van der Waals surface area contributed by atoms with Crippen molar-refractivity contribution in [1.29, 1.82) is 0 Å². The SMILES string of the molecule is O=C(COC(=O)c1cc(S(=O)(=O)N2CCCCC2)ccc1Cl)Nc1ccc(Cl)cn1. The molecule has 0 saturated carbocycles. The summed E-state index contributed by atoms with van der Waals surface area (Å²) in [6, 6.07) is 6.89. The van der Waals surface area contributed by atoms with Crippen molar-refractivity contribution in [1.82, 2.24) is 9.29 Å². The summed E-state index contributed by atoms with van der Waals surface area (Å²) in [5, 5.41) is 2.88. The normalized spacial score (nSPS) is 14.9. The summed E-state index contributed by atoms with van der Waals surface area (Å²) in [7, 11) is -3.74. The summed E-state index contributed by atoms with van der Waals surface area (Å²) >= 11 is 11.8. The summed E-state index contributed by atoms with van der Waals surface area (Å²) in [4.78, 5) is 28.2. The van der Waals surface area contributed by atoms with Gasteiger partial charge < -0.3 is 10.1 Å². The van der Waals surface area contributed by atoms with E-state index in [1.807, 2.05) is 0 Å². The summed E-state index contributed by atoms with van der Waals surface area (Å²) in [5.41, 5.74) is -0.132. The number of halogens is 2. The van der Waals surface area contributed by atoms with Gasteiger partial charge >= 0.3 is 5.97 Å². The number of aromatic nitrogens is 1. The van der Waals surface area contributed by atoms with Crippen LogP contribution in [0.2, 0.25) is 10.0 Å². The molecule has 1 aromatic carbocycles. The van der Waals surface area contributed by atoms with Crippen molar-refractivity contribution in [2.24, 2.45) is 0 Å². The van der Waals surface area contributed by atoms with Gasteiger partial charge in [-0.25, -0.2) is 18.2 Å². The molecule has 1 aliphatic heterocycles. The molecule has 8 nitrogen and oxygen atoms in total. The van der Waals surface area contributed by atoms with E-state index in [-0.39, 0.29) is 21.3 Å². The van der Waals surface area contributed by atoms with Gasteiger partial charge in [0.1, 0.15) is 5.82 Å². The number of esters is 1. The number of benzene rings is 1. The topological polar surface area (TPSA) is 106 Å². The molecule has 0 spiro atoms. The van der Waals surface area contributed by atoms with Gasteiger partial charge in [0.2, 0.25) is 10.0 Å². The number of pyridine rings is 1. The maximum atomic E-state index is 12.8. The molecule has 0 aliphatic carbocycles. The molecule has 3 rings (SSSR count). The van der Waals surface area contributed by atoms with Crippen LogP contribution in [-0.2, 0) is 19.6 Å². The van der Waals surface area contributed by atoms with Crippen LogP contribution >= 0.6 is 23.2 Å². The predicted molar refractivity (Wildman–Crippen MR) is 112 cm³/mol. The molecule has 0 bridgehead atoms. The first-order valence-corrected chi connectivity index (χ1v) is 11.4. The number of hydrogen-bond acceptors (Lipinski definition) is 6. The monoisotopic (exact) mass is 471 g/mol. The molecule has 2 heterocycles. The zero-order valence-electron chi connectivity index (χ0n) is 15.8. The number of sulfonamides is 1. The predicted octanol–water partition coefficient (Wildman–Crippen LogP) is 3.36. The number of carbonyl (C=O) groups excluding carboxylic acids is 2. The van der Waals surface area contributed by atoms with Crippen molar-refractivity contribution in [3.8, 4) is 0 Å². The molecule has 1 aromatic heterocycles. The van der Waals surface area contributed by atoms with Crippen LogP contribution in [0.25, 0.3) is 0 Å². The van der Waals surface area contributed by atoms with Crippen LogP contribution in [0.4, 0.5) is 5.82 Å². The van der Waals surface area contributed by atoms with Crippen molar-refractivity contribution >= 4 is 50.9 Å². The van der Waals surface area contributed by atoms with Crippen LogP contribution < -0.4 is 5.32 Å². The van der Waals surface area contributed by atoms with Gasteiger partial charge in [0.05, 0.1) is 20.5 Å². The van der Waals surface area contributed by atoms with E-state index in [0.717, 1.165) is 19.3 Å². The summed E-state index contributed by atoms with van der Waals surface area (Å²) in [6.07, 6.45) is 3.92. The lowest BCUT2D eigenvalue weighted by atomic mass is 10.2. The quantitative estimate of drug-likeness (QED) is 0.647. The minimum Gasteiger partial charge on any atom is -0.452 e. The fourth-order valence-electron chi connectivity index (χ4n) is 2.91. The molecule has 1 aliphatic rings. The number of nitrogens with zero attached hydrogens (tertiary/aromatic N) is 2. The van der Waals surface area contributed by atoms with Gasteiger partial charge in [-0.2, -0.15) is 4.31 Å². The van der Waals surface area contributed by atoms with Crippen LogP contribution in [0.5, 0.6) is 0 Å². The van der Waals surface area contributed by atoms with Gasteiger partial charge in [-0.15, -0.1) is 0 Å². The highest BCUT2D eigenvalue weighted by molar-refractivity contribution is 7.89. The van der Waals surface area contributed by atoms with Crippen molar-refractivity contribution in [3.63, 3.8) is 0 Å². The van der Waals surface area contributed by atoms with E-state index in [1.54, 1.807) is 6.07 Å². The molecule has 0 radical (unpaired) electrons. The second-order valence-corrected chi connectivity index (χ2v) is 9.37. The lowest BCUT2D eigenvalue weighted by Crippen LogP contribution is -2.35. The summed E-state index contributed by atoms with van der Waals surface area (Å²) < 4.78 is 32.0. The van der Waals surface area contributed by atoms with Crippen LogP contribution in [-0.4, -0.2) is 49.3 Å². The second kappa shape index (κ2) is 9.74. The Bertz CT molecular complexity index is 1040. The molecule has 30 heavy (non-hydrogen) atoms. The van der Waals surface area contributed by atoms with E-state index in [9.17, 15) is 18.0 Å². The fourth-order valence-corrected chi connectivity index (χ4v) is 4.76. The molecule has 0 unspecified atom stereocenters. The first kappa shape index (κ1) is 22.5. The van der Waals surface area contributed by atoms with Crippen LogP contribution in [0.1, 0.15) is 29.6 Å². The van der Waals surface area contributed by atoms with Gasteiger partial charge in [-0.3, -0.25) is 4.79 Å². The highest BCUT2D eigenvalue weighted by Gasteiger charge is 2.27. The highest BCUT2D eigenvalue weighted by atomic mass is 35.5. The number of rotatable bonds is 6. The minimum atomic E-state index is -3.74. The average molecular weight is 472 g/mol. The van der Waals surface area contributed by atoms with Gasteiger partial charge in [0, 0.05) is 19.3 Å². The Morgan fingerprint density at radius 3 is 2.50 bits per heavy atom. The lowest BCUT2D eigenvalue weighted by molar-refractivity contribution is -0.119. The first-order valence-electron chi connectivity index (χ1n) is 9.15. The van der Waals surface area contributed by atoms with Crippen LogP contribution in [0.3, 0.4) is 0 Å². The zero-order chi connectivity index (χ0) is 21.7. The van der Waals surface area contributed by atoms with Gasteiger partial charge in [0.25, 0.3) is 5.91 Å². The Kier molecular flexibility index (Phi) is 7.30. The summed E-state index contributed by atoms with van der Waals surface area (Å²) in [5.74, 6) is -1.28. The lowest BCUT2D eigenvalue weighted by Gasteiger charge is -2.26. The van der Waals surface area contributed by atoms with E-state index in [0.29, 0.717) is 18.1 Å². The molecule has 1 amide bonds. The molecule has 160 valence electrons. The maximum Gasteiger partial charge on any atom is 0.340 e. The number of nitrogens with one attached hydrogen (secondary N) is 1. The minimum absolute atomic E-state index is 0.0253. The Morgan fingerprint density at radius 2 is 1.83 bits per heavy atom. The number of hydrogen-bond donors (Lipinski definition) is 1. The van der Waals surface area contributed by atoms with Gasteiger partial charge in [0.15, 0.2) is 6.61 Å². The number of carbonyl (C=O) groups is 2. The zero-order valence-corrected chi connectivity index (χ0v) is 18.1. The van der Waals surface area contributed by atoms with Crippen molar-refractivity contribution < 1.29 is 22.7 Å². The Hall–Kier alpha value is -2.20.